The highest BCUT2D eigenvalue weighted by Gasteiger charge is 2.20. The molecule has 0 radical (unpaired) electrons. The highest BCUT2D eigenvalue weighted by Crippen LogP contribution is 2.08. The first-order chi connectivity index (χ1) is 8.83. The summed E-state index contributed by atoms with van der Waals surface area (Å²) in [5.41, 5.74) is 6.80. The molecule has 0 fully saturated rings. The van der Waals surface area contributed by atoms with Gasteiger partial charge in [-0.15, -0.1) is 0 Å². The first-order valence-corrected chi connectivity index (χ1v) is 7.83. The number of carbonyl (C=O) groups is 1. The Morgan fingerprint density at radius 1 is 1.26 bits per heavy atom. The van der Waals surface area contributed by atoms with E-state index in [1.165, 1.54) is 0 Å². The number of hydrogen-bond donors (Lipinski definition) is 2. The van der Waals surface area contributed by atoms with E-state index in [0.29, 0.717) is 0 Å². The second-order valence-corrected chi connectivity index (χ2v) is 7.23. The maximum absolute atomic E-state index is 11.6. The maximum atomic E-state index is 11.6. The smallest absolute Gasteiger partial charge is 0.235 e. The highest BCUT2D eigenvalue weighted by atomic mass is 32.2. The topological polar surface area (TPSA) is 89.3 Å². The molecule has 0 aliphatic heterocycles. The first-order valence-electron chi connectivity index (χ1n) is 6.11. The van der Waals surface area contributed by atoms with Crippen molar-refractivity contribution >= 4 is 15.7 Å². The molecule has 0 aliphatic rings. The number of nitrogens with two attached hydrogens (primary N) is 1. The second kappa shape index (κ2) is 6.68. The molecular formula is C13H20N2O3S. The molecule has 0 saturated heterocycles. The van der Waals surface area contributed by atoms with Crippen molar-refractivity contribution in [3.63, 3.8) is 0 Å². The van der Waals surface area contributed by atoms with Crippen molar-refractivity contribution in [2.24, 2.45) is 5.73 Å². The Labute approximate surface area is 114 Å². The van der Waals surface area contributed by atoms with Crippen LogP contribution in [-0.4, -0.2) is 31.9 Å². The van der Waals surface area contributed by atoms with E-state index in [2.05, 4.69) is 5.32 Å². The third-order valence-electron chi connectivity index (χ3n) is 2.80. The Bertz CT molecular complexity index is 512. The predicted octanol–water partition coefficient (Wildman–Crippen LogP) is 0.626. The summed E-state index contributed by atoms with van der Waals surface area (Å²) in [6.45, 7) is 3.33. The fourth-order valence-corrected chi connectivity index (χ4v) is 2.24. The van der Waals surface area contributed by atoms with Gasteiger partial charge in [0.25, 0.3) is 0 Å². The molecule has 0 aromatic heterocycles. The summed E-state index contributed by atoms with van der Waals surface area (Å²) in [6.07, 6.45) is 0. The van der Waals surface area contributed by atoms with Gasteiger partial charge in [-0.3, -0.25) is 4.79 Å². The van der Waals surface area contributed by atoms with Crippen molar-refractivity contribution in [1.29, 1.82) is 0 Å². The molecule has 1 aromatic rings. The summed E-state index contributed by atoms with van der Waals surface area (Å²) < 4.78 is 23.1. The molecule has 1 unspecified atom stereocenters. The van der Waals surface area contributed by atoms with E-state index < -0.39 is 26.7 Å². The Morgan fingerprint density at radius 2 is 1.84 bits per heavy atom. The van der Waals surface area contributed by atoms with E-state index >= 15 is 0 Å². The second-order valence-electron chi connectivity index (χ2n) is 4.68. The van der Waals surface area contributed by atoms with E-state index in [0.717, 1.165) is 5.56 Å². The van der Waals surface area contributed by atoms with Crippen LogP contribution < -0.4 is 11.1 Å². The quantitative estimate of drug-likeness (QED) is 0.801. The largest absolute Gasteiger partial charge is 0.353 e. The average Bonchev–Trinajstić information content (AvgIpc) is 2.36. The Kier molecular flexibility index (Phi) is 5.50. The first kappa shape index (κ1) is 15.7. The molecule has 0 spiro atoms. The third kappa shape index (κ3) is 5.00. The molecule has 0 saturated carbocycles. The van der Waals surface area contributed by atoms with Crippen molar-refractivity contribution in [2.45, 2.75) is 25.1 Å². The van der Waals surface area contributed by atoms with E-state index in [1.54, 1.807) is 13.8 Å². The molecule has 0 aliphatic carbocycles. The Hall–Kier alpha value is -1.40. The van der Waals surface area contributed by atoms with Crippen LogP contribution >= 0.6 is 0 Å². The lowest BCUT2D eigenvalue weighted by Gasteiger charge is -2.13. The zero-order valence-electron chi connectivity index (χ0n) is 11.2. The van der Waals surface area contributed by atoms with Crippen LogP contribution in [0.1, 0.15) is 25.5 Å². The number of carbonyl (C=O) groups excluding carboxylic acids is 1. The van der Waals surface area contributed by atoms with Gasteiger partial charge in [0.05, 0.1) is 5.25 Å². The van der Waals surface area contributed by atoms with E-state index in [9.17, 15) is 13.2 Å². The Morgan fingerprint density at radius 3 is 2.37 bits per heavy atom. The Balaban J connectivity index is 2.47. The number of amides is 1. The summed E-state index contributed by atoms with van der Waals surface area (Å²) in [4.78, 5) is 11.6. The number of benzene rings is 1. The van der Waals surface area contributed by atoms with Gasteiger partial charge in [0, 0.05) is 12.6 Å². The van der Waals surface area contributed by atoms with Gasteiger partial charge in [-0.25, -0.2) is 8.42 Å². The normalized spacial score (nSPS) is 13.3. The summed E-state index contributed by atoms with van der Waals surface area (Å²) in [6, 6.07) is 8.99. The lowest BCUT2D eigenvalue weighted by Crippen LogP contribution is -2.37. The molecule has 3 N–H and O–H groups in total. The lowest BCUT2D eigenvalue weighted by molar-refractivity contribution is -0.118. The fourth-order valence-electron chi connectivity index (χ4n) is 1.44. The van der Waals surface area contributed by atoms with Crippen LogP contribution in [0.2, 0.25) is 0 Å². The lowest BCUT2D eigenvalue weighted by atomic mass is 10.1. The van der Waals surface area contributed by atoms with Gasteiger partial charge in [0.1, 0.15) is 5.75 Å². The van der Waals surface area contributed by atoms with Gasteiger partial charge in [-0.2, -0.15) is 0 Å². The van der Waals surface area contributed by atoms with Gasteiger partial charge in [-0.1, -0.05) is 30.3 Å². The van der Waals surface area contributed by atoms with Crippen LogP contribution in [0.4, 0.5) is 0 Å². The standard InChI is InChI=1S/C13H20N2O3S/c1-10(2)19(17,18)9-13(16)15-8-12(14)11-6-4-3-5-7-11/h3-7,10,12H,8-9,14H2,1-2H3,(H,15,16). The fraction of sp³-hybridized carbons (Fsp3) is 0.462. The molecule has 5 nitrogen and oxygen atoms in total. The molecule has 1 aromatic carbocycles. The molecule has 19 heavy (non-hydrogen) atoms. The van der Waals surface area contributed by atoms with Gasteiger partial charge in [-0.05, 0) is 19.4 Å². The molecular weight excluding hydrogens is 264 g/mol. The summed E-state index contributed by atoms with van der Waals surface area (Å²) >= 11 is 0. The third-order valence-corrected chi connectivity index (χ3v) is 4.90. The van der Waals surface area contributed by atoms with Crippen LogP contribution in [0.15, 0.2) is 30.3 Å². The van der Waals surface area contributed by atoms with Crippen molar-refractivity contribution < 1.29 is 13.2 Å². The van der Waals surface area contributed by atoms with Gasteiger partial charge in [0.15, 0.2) is 9.84 Å². The van der Waals surface area contributed by atoms with Crippen LogP contribution in [0, 0.1) is 0 Å². The molecule has 1 rings (SSSR count). The molecule has 1 amide bonds. The van der Waals surface area contributed by atoms with Crippen molar-refractivity contribution in [3.8, 4) is 0 Å². The SMILES string of the molecule is CC(C)S(=O)(=O)CC(=O)NCC(N)c1ccccc1. The van der Waals surface area contributed by atoms with Crippen LogP contribution in [0.3, 0.4) is 0 Å². The van der Waals surface area contributed by atoms with Crippen LogP contribution in [0.25, 0.3) is 0 Å². The van der Waals surface area contributed by atoms with Crippen molar-refractivity contribution in [3.05, 3.63) is 35.9 Å². The van der Waals surface area contributed by atoms with E-state index in [4.69, 9.17) is 5.73 Å². The predicted molar refractivity (Wildman–Crippen MR) is 75.3 cm³/mol. The van der Waals surface area contributed by atoms with Crippen LogP contribution in [0.5, 0.6) is 0 Å². The van der Waals surface area contributed by atoms with Gasteiger partial charge in [0.2, 0.25) is 5.91 Å². The van der Waals surface area contributed by atoms with Crippen molar-refractivity contribution in [1.82, 2.24) is 5.32 Å². The highest BCUT2D eigenvalue weighted by molar-refractivity contribution is 7.92. The monoisotopic (exact) mass is 284 g/mol. The summed E-state index contributed by atoms with van der Waals surface area (Å²) in [7, 11) is -3.36. The zero-order valence-corrected chi connectivity index (χ0v) is 12.0. The molecule has 106 valence electrons. The minimum atomic E-state index is -3.36. The number of hydrogen-bond acceptors (Lipinski definition) is 4. The van der Waals surface area contributed by atoms with Crippen molar-refractivity contribution in [2.75, 3.05) is 12.3 Å². The van der Waals surface area contributed by atoms with E-state index in [-0.39, 0.29) is 12.6 Å². The number of rotatable bonds is 6. The summed E-state index contributed by atoms with van der Waals surface area (Å²) in [5.74, 6) is -1.01. The zero-order chi connectivity index (χ0) is 14.5. The average molecular weight is 284 g/mol. The van der Waals surface area contributed by atoms with E-state index in [1.807, 2.05) is 30.3 Å². The molecule has 6 heteroatoms. The maximum Gasteiger partial charge on any atom is 0.235 e. The molecule has 0 heterocycles. The molecule has 0 bridgehead atoms. The molecule has 1 atom stereocenters. The van der Waals surface area contributed by atoms with Gasteiger partial charge >= 0.3 is 0 Å². The summed E-state index contributed by atoms with van der Waals surface area (Å²) in [5, 5.41) is 1.99. The number of sulfone groups is 1. The number of nitrogens with one attached hydrogen (secondary N) is 1. The van der Waals surface area contributed by atoms with Crippen LogP contribution in [-0.2, 0) is 14.6 Å². The van der Waals surface area contributed by atoms with Gasteiger partial charge < -0.3 is 11.1 Å². The minimum Gasteiger partial charge on any atom is -0.353 e. The minimum absolute atomic E-state index is 0.219.